The highest BCUT2D eigenvalue weighted by atomic mass is 35.5. The molecule has 124 valence electrons. The van der Waals surface area contributed by atoms with E-state index < -0.39 is 11.7 Å². The van der Waals surface area contributed by atoms with Crippen LogP contribution in [0.5, 0.6) is 0 Å². The number of aryl methyl sites for hydroxylation is 1. The molecule has 0 saturated heterocycles. The topological polar surface area (TPSA) is 44.1 Å². The molecule has 4 nitrogen and oxygen atoms in total. The summed E-state index contributed by atoms with van der Waals surface area (Å²) in [5.74, 6) is 0. The molecule has 0 unspecified atom stereocenters. The first-order chi connectivity index (χ1) is 11.3. The van der Waals surface area contributed by atoms with Crippen molar-refractivity contribution in [3.8, 4) is 11.3 Å². The molecule has 5 heteroatoms. The fourth-order valence-corrected chi connectivity index (χ4v) is 2.69. The Kier molecular flexibility index (Phi) is 4.10. The molecule has 3 aromatic rings. The van der Waals surface area contributed by atoms with Crippen LogP contribution in [0.1, 0.15) is 26.3 Å². The maximum atomic E-state index is 12.8. The summed E-state index contributed by atoms with van der Waals surface area (Å²) in [5, 5.41) is 1.27. The first-order valence-corrected chi connectivity index (χ1v) is 8.10. The number of pyridine rings is 1. The van der Waals surface area contributed by atoms with E-state index in [1.807, 2.05) is 58.0 Å². The van der Waals surface area contributed by atoms with Crippen LogP contribution in [0.3, 0.4) is 0 Å². The van der Waals surface area contributed by atoms with Gasteiger partial charge in [-0.05, 0) is 45.4 Å². The van der Waals surface area contributed by atoms with Gasteiger partial charge in [0.15, 0.2) is 5.65 Å². The smallest absolute Gasteiger partial charge is 0.420 e. The van der Waals surface area contributed by atoms with Crippen LogP contribution in [0, 0.1) is 6.92 Å². The van der Waals surface area contributed by atoms with Gasteiger partial charge in [0.25, 0.3) is 0 Å². The van der Waals surface area contributed by atoms with Gasteiger partial charge in [0.1, 0.15) is 5.60 Å². The van der Waals surface area contributed by atoms with Crippen molar-refractivity contribution in [2.75, 3.05) is 0 Å². The second-order valence-electron chi connectivity index (χ2n) is 6.74. The summed E-state index contributed by atoms with van der Waals surface area (Å²) in [6, 6.07) is 11.5. The number of carbonyl (C=O) groups excluding carboxylic acids is 1. The Labute approximate surface area is 146 Å². The third-order valence-electron chi connectivity index (χ3n) is 3.57. The third-order valence-corrected chi connectivity index (χ3v) is 3.90. The van der Waals surface area contributed by atoms with Crippen molar-refractivity contribution in [2.45, 2.75) is 33.3 Å². The minimum Gasteiger partial charge on any atom is -0.443 e. The molecule has 0 N–H and O–H groups in total. The average Bonchev–Trinajstić information content (AvgIpc) is 2.87. The molecule has 0 atom stereocenters. The van der Waals surface area contributed by atoms with Crippen molar-refractivity contribution < 1.29 is 9.53 Å². The van der Waals surface area contributed by atoms with Crippen LogP contribution in [0.25, 0.3) is 22.3 Å². The largest absolute Gasteiger partial charge is 0.443 e. The molecular weight excluding hydrogens is 324 g/mol. The highest BCUT2D eigenvalue weighted by Gasteiger charge is 2.24. The number of benzene rings is 1. The van der Waals surface area contributed by atoms with Crippen molar-refractivity contribution in [2.24, 2.45) is 0 Å². The van der Waals surface area contributed by atoms with Crippen LogP contribution in [-0.2, 0) is 4.74 Å². The number of aromatic nitrogens is 2. The van der Waals surface area contributed by atoms with Gasteiger partial charge in [-0.3, -0.25) is 0 Å². The molecule has 0 aliphatic heterocycles. The maximum absolute atomic E-state index is 12.8. The lowest BCUT2D eigenvalue weighted by atomic mass is 10.1. The summed E-state index contributed by atoms with van der Waals surface area (Å²) >= 11 is 6.29. The van der Waals surface area contributed by atoms with Gasteiger partial charge < -0.3 is 4.74 Å². The Morgan fingerprint density at radius 2 is 1.83 bits per heavy atom. The minimum absolute atomic E-state index is 0.470. The minimum atomic E-state index is -0.600. The van der Waals surface area contributed by atoms with Crippen LogP contribution in [0.4, 0.5) is 4.79 Å². The zero-order valence-corrected chi connectivity index (χ0v) is 14.9. The summed E-state index contributed by atoms with van der Waals surface area (Å²) in [4.78, 5) is 17.1. The molecule has 0 amide bonds. The number of hydrogen-bond acceptors (Lipinski definition) is 3. The number of carbonyl (C=O) groups is 1. The predicted molar refractivity (Wildman–Crippen MR) is 96.5 cm³/mol. The van der Waals surface area contributed by atoms with Crippen molar-refractivity contribution >= 4 is 28.7 Å². The Hall–Kier alpha value is -2.33. The first kappa shape index (κ1) is 16.5. The monoisotopic (exact) mass is 342 g/mol. The van der Waals surface area contributed by atoms with Crippen LogP contribution >= 0.6 is 11.6 Å². The van der Waals surface area contributed by atoms with Gasteiger partial charge in [-0.1, -0.05) is 41.4 Å². The normalized spacial score (nSPS) is 11.7. The summed E-state index contributed by atoms with van der Waals surface area (Å²) < 4.78 is 7.04. The van der Waals surface area contributed by atoms with E-state index in [4.69, 9.17) is 16.3 Å². The summed E-state index contributed by atoms with van der Waals surface area (Å²) in [7, 11) is 0. The lowest BCUT2D eigenvalue weighted by molar-refractivity contribution is 0.0546. The fourth-order valence-electron chi connectivity index (χ4n) is 2.50. The number of rotatable bonds is 1. The second kappa shape index (κ2) is 5.95. The van der Waals surface area contributed by atoms with E-state index in [9.17, 15) is 4.79 Å². The standard InChI is InChI=1S/C19H19ClN2O2/c1-12-5-7-13(8-6-12)16-11-14-15(20)9-10-21-17(14)22(16)18(23)24-19(2,3)4/h5-11H,1-4H3. The van der Waals surface area contributed by atoms with Crippen LogP contribution in [-0.4, -0.2) is 21.2 Å². The molecule has 2 aromatic heterocycles. The van der Waals surface area contributed by atoms with E-state index in [-0.39, 0.29) is 0 Å². The maximum Gasteiger partial charge on any atom is 0.420 e. The number of halogens is 1. The molecule has 24 heavy (non-hydrogen) atoms. The molecule has 1 aromatic carbocycles. The highest BCUT2D eigenvalue weighted by molar-refractivity contribution is 6.35. The molecule has 0 spiro atoms. The quantitative estimate of drug-likeness (QED) is 0.590. The molecule has 0 saturated carbocycles. The van der Waals surface area contributed by atoms with Gasteiger partial charge in [-0.15, -0.1) is 0 Å². The lowest BCUT2D eigenvalue weighted by Crippen LogP contribution is -2.27. The average molecular weight is 343 g/mol. The molecule has 0 bridgehead atoms. The van der Waals surface area contributed by atoms with Gasteiger partial charge in [0, 0.05) is 11.6 Å². The fraction of sp³-hybridized carbons (Fsp3) is 0.263. The summed E-state index contributed by atoms with van der Waals surface area (Å²) in [5.41, 5.74) is 2.65. The van der Waals surface area contributed by atoms with Crippen molar-refractivity contribution in [1.82, 2.24) is 9.55 Å². The van der Waals surface area contributed by atoms with E-state index in [1.165, 1.54) is 4.57 Å². The first-order valence-electron chi connectivity index (χ1n) is 7.72. The van der Waals surface area contributed by atoms with Crippen molar-refractivity contribution in [3.05, 3.63) is 53.2 Å². The number of ether oxygens (including phenoxy) is 1. The van der Waals surface area contributed by atoms with Crippen LogP contribution in [0.15, 0.2) is 42.6 Å². The lowest BCUT2D eigenvalue weighted by Gasteiger charge is -2.20. The molecule has 2 heterocycles. The van der Waals surface area contributed by atoms with E-state index in [0.29, 0.717) is 16.4 Å². The van der Waals surface area contributed by atoms with Crippen LogP contribution in [0.2, 0.25) is 5.02 Å². The van der Waals surface area contributed by atoms with E-state index in [2.05, 4.69) is 4.98 Å². The van der Waals surface area contributed by atoms with Gasteiger partial charge in [-0.25, -0.2) is 14.3 Å². The highest BCUT2D eigenvalue weighted by Crippen LogP contribution is 2.32. The summed E-state index contributed by atoms with van der Waals surface area (Å²) in [6.07, 6.45) is 1.12. The molecule has 0 aliphatic carbocycles. The van der Waals surface area contributed by atoms with Gasteiger partial charge in [0.2, 0.25) is 0 Å². The summed E-state index contributed by atoms with van der Waals surface area (Å²) in [6.45, 7) is 7.53. The Balaban J connectivity index is 2.24. The van der Waals surface area contributed by atoms with Crippen LogP contribution < -0.4 is 0 Å². The SMILES string of the molecule is Cc1ccc(-c2cc3c(Cl)ccnc3n2C(=O)OC(C)(C)C)cc1. The zero-order valence-electron chi connectivity index (χ0n) is 14.1. The molecule has 0 aliphatic rings. The van der Waals surface area contributed by atoms with Gasteiger partial charge >= 0.3 is 6.09 Å². The predicted octanol–water partition coefficient (Wildman–Crippen LogP) is 5.45. The van der Waals surface area contributed by atoms with Gasteiger partial charge in [0.05, 0.1) is 10.7 Å². The molecule has 0 radical (unpaired) electrons. The van der Waals surface area contributed by atoms with Gasteiger partial charge in [-0.2, -0.15) is 0 Å². The molecular formula is C19H19ClN2O2. The van der Waals surface area contributed by atoms with Crippen molar-refractivity contribution in [1.29, 1.82) is 0 Å². The number of nitrogens with zero attached hydrogens (tertiary/aromatic N) is 2. The van der Waals surface area contributed by atoms with Crippen molar-refractivity contribution in [3.63, 3.8) is 0 Å². The zero-order chi connectivity index (χ0) is 17.5. The number of hydrogen-bond donors (Lipinski definition) is 0. The van der Waals surface area contributed by atoms with E-state index in [0.717, 1.165) is 16.5 Å². The molecule has 0 fully saturated rings. The Morgan fingerprint density at radius 1 is 1.17 bits per heavy atom. The Bertz CT molecular complexity index is 906. The Morgan fingerprint density at radius 3 is 2.46 bits per heavy atom. The molecule has 3 rings (SSSR count). The second-order valence-corrected chi connectivity index (χ2v) is 7.15. The third kappa shape index (κ3) is 3.15. The number of fused-ring (bicyclic) bond motifs is 1. The van der Waals surface area contributed by atoms with E-state index in [1.54, 1.807) is 12.3 Å². The van der Waals surface area contributed by atoms with E-state index >= 15 is 0 Å².